The molecule has 5 heteroatoms. The van der Waals surface area contributed by atoms with Gasteiger partial charge in [-0.25, -0.2) is 0 Å². The first-order chi connectivity index (χ1) is 7.24. The zero-order chi connectivity index (χ0) is 10.7. The fraction of sp³-hybridized carbons (Fsp3) is 0.300. The van der Waals surface area contributed by atoms with Crippen molar-refractivity contribution in [1.82, 2.24) is 15.1 Å². The summed E-state index contributed by atoms with van der Waals surface area (Å²) in [6, 6.07) is 4.41. The van der Waals surface area contributed by atoms with E-state index in [2.05, 4.69) is 20.4 Å². The Balaban J connectivity index is 1.96. The maximum absolute atomic E-state index is 4.91. The molecule has 0 amide bonds. The molecule has 0 spiro atoms. The van der Waals surface area contributed by atoms with E-state index in [4.69, 9.17) is 4.52 Å². The predicted molar refractivity (Wildman–Crippen MR) is 55.3 cm³/mol. The summed E-state index contributed by atoms with van der Waals surface area (Å²) < 4.78 is 4.91. The minimum atomic E-state index is 0.426. The van der Waals surface area contributed by atoms with Gasteiger partial charge in [0.25, 0.3) is 0 Å². The highest BCUT2D eigenvalue weighted by Gasteiger charge is 2.01. The van der Waals surface area contributed by atoms with Crippen LogP contribution in [0.4, 0.5) is 6.01 Å². The van der Waals surface area contributed by atoms with Crippen LogP contribution in [0.25, 0.3) is 0 Å². The molecule has 2 aromatic rings. The lowest BCUT2D eigenvalue weighted by molar-refractivity contribution is 0.425. The molecule has 0 aliphatic rings. The summed E-state index contributed by atoms with van der Waals surface area (Å²) in [5, 5.41) is 6.67. The van der Waals surface area contributed by atoms with Gasteiger partial charge >= 0.3 is 6.01 Å². The summed E-state index contributed by atoms with van der Waals surface area (Å²) in [7, 11) is 0. The van der Waals surface area contributed by atoms with Crippen LogP contribution in [0.5, 0.6) is 0 Å². The molecule has 0 bridgehead atoms. The number of hydrogen-bond donors (Lipinski definition) is 1. The van der Waals surface area contributed by atoms with E-state index in [0.29, 0.717) is 18.4 Å². The number of nitrogens with zero attached hydrogens (tertiary/aromatic N) is 3. The second kappa shape index (κ2) is 4.08. The van der Waals surface area contributed by atoms with Gasteiger partial charge in [0.15, 0.2) is 5.82 Å². The number of aryl methyl sites for hydroxylation is 2. The van der Waals surface area contributed by atoms with Crippen molar-refractivity contribution < 1.29 is 4.52 Å². The molecule has 0 saturated carbocycles. The molecular weight excluding hydrogens is 192 g/mol. The first-order valence-corrected chi connectivity index (χ1v) is 4.70. The minimum absolute atomic E-state index is 0.426. The van der Waals surface area contributed by atoms with Crippen LogP contribution in [0.1, 0.15) is 17.1 Å². The number of aromatic nitrogens is 3. The molecule has 15 heavy (non-hydrogen) atoms. The van der Waals surface area contributed by atoms with Crippen LogP contribution in [-0.2, 0) is 6.54 Å². The van der Waals surface area contributed by atoms with E-state index in [9.17, 15) is 0 Å². The number of hydrogen-bond acceptors (Lipinski definition) is 5. The van der Waals surface area contributed by atoms with Gasteiger partial charge in [-0.15, -0.1) is 0 Å². The van der Waals surface area contributed by atoms with E-state index in [1.807, 2.05) is 25.3 Å². The Morgan fingerprint density at radius 1 is 1.33 bits per heavy atom. The molecular formula is C10H12N4O. The fourth-order valence-corrected chi connectivity index (χ4v) is 1.14. The van der Waals surface area contributed by atoms with E-state index < -0.39 is 0 Å². The molecule has 0 aromatic carbocycles. The summed E-state index contributed by atoms with van der Waals surface area (Å²) in [6.45, 7) is 4.37. The van der Waals surface area contributed by atoms with Crippen molar-refractivity contribution in [3.63, 3.8) is 0 Å². The Labute approximate surface area is 87.5 Å². The van der Waals surface area contributed by atoms with Gasteiger partial charge in [0.05, 0.1) is 12.2 Å². The standard InChI is InChI=1S/C10H12N4O/c1-7-3-4-9(11-5-7)6-12-10-13-8(2)14-15-10/h3-5H,6H2,1-2H3,(H,12,13,14). The van der Waals surface area contributed by atoms with E-state index >= 15 is 0 Å². The zero-order valence-electron chi connectivity index (χ0n) is 8.69. The third-order valence-corrected chi connectivity index (χ3v) is 1.92. The monoisotopic (exact) mass is 204 g/mol. The van der Waals surface area contributed by atoms with E-state index in [1.165, 1.54) is 0 Å². The summed E-state index contributed by atoms with van der Waals surface area (Å²) in [4.78, 5) is 8.27. The zero-order valence-corrected chi connectivity index (χ0v) is 8.69. The number of rotatable bonds is 3. The van der Waals surface area contributed by atoms with Crippen molar-refractivity contribution in [2.45, 2.75) is 20.4 Å². The van der Waals surface area contributed by atoms with Crippen molar-refractivity contribution in [3.8, 4) is 0 Å². The summed E-state index contributed by atoms with van der Waals surface area (Å²) in [6.07, 6.45) is 1.83. The first-order valence-electron chi connectivity index (χ1n) is 4.70. The van der Waals surface area contributed by atoms with Gasteiger partial charge in [0.2, 0.25) is 0 Å². The normalized spacial score (nSPS) is 10.3. The topological polar surface area (TPSA) is 63.8 Å². The van der Waals surface area contributed by atoms with Crippen LogP contribution in [0, 0.1) is 13.8 Å². The van der Waals surface area contributed by atoms with Gasteiger partial charge in [-0.1, -0.05) is 11.2 Å². The molecule has 5 nitrogen and oxygen atoms in total. The Morgan fingerprint density at radius 2 is 2.20 bits per heavy atom. The van der Waals surface area contributed by atoms with Gasteiger partial charge in [-0.05, 0) is 25.5 Å². The van der Waals surface area contributed by atoms with Crippen LogP contribution in [-0.4, -0.2) is 15.1 Å². The highest BCUT2D eigenvalue weighted by molar-refractivity contribution is 5.21. The molecule has 0 radical (unpaired) electrons. The summed E-state index contributed by atoms with van der Waals surface area (Å²) in [5.74, 6) is 0.620. The van der Waals surface area contributed by atoms with Gasteiger partial charge in [0.1, 0.15) is 0 Å². The van der Waals surface area contributed by atoms with E-state index in [-0.39, 0.29) is 0 Å². The van der Waals surface area contributed by atoms with E-state index in [0.717, 1.165) is 11.3 Å². The fourth-order valence-electron chi connectivity index (χ4n) is 1.14. The molecule has 0 fully saturated rings. The minimum Gasteiger partial charge on any atom is -0.332 e. The Bertz CT molecular complexity index is 435. The van der Waals surface area contributed by atoms with Crippen LogP contribution >= 0.6 is 0 Å². The molecule has 0 aliphatic carbocycles. The average Bonchev–Trinajstić information content (AvgIpc) is 2.64. The quantitative estimate of drug-likeness (QED) is 0.824. The lowest BCUT2D eigenvalue weighted by Gasteiger charge is -2.00. The average molecular weight is 204 g/mol. The Kier molecular flexibility index (Phi) is 2.62. The van der Waals surface area contributed by atoms with Gasteiger partial charge in [-0.3, -0.25) is 4.98 Å². The number of pyridine rings is 1. The third-order valence-electron chi connectivity index (χ3n) is 1.92. The van der Waals surface area contributed by atoms with Crippen LogP contribution < -0.4 is 5.32 Å². The van der Waals surface area contributed by atoms with Crippen molar-refractivity contribution >= 4 is 6.01 Å². The highest BCUT2D eigenvalue weighted by Crippen LogP contribution is 2.05. The molecule has 0 saturated heterocycles. The second-order valence-electron chi connectivity index (χ2n) is 3.33. The molecule has 2 aromatic heterocycles. The first kappa shape index (κ1) is 9.64. The molecule has 0 unspecified atom stereocenters. The van der Waals surface area contributed by atoms with Crippen molar-refractivity contribution in [2.24, 2.45) is 0 Å². The number of anilines is 1. The predicted octanol–water partition coefficient (Wildman–Crippen LogP) is 1.69. The lowest BCUT2D eigenvalue weighted by Crippen LogP contribution is -2.01. The maximum Gasteiger partial charge on any atom is 0.321 e. The molecule has 0 aliphatic heterocycles. The largest absolute Gasteiger partial charge is 0.332 e. The molecule has 0 atom stereocenters. The van der Waals surface area contributed by atoms with Crippen LogP contribution in [0.15, 0.2) is 22.9 Å². The second-order valence-corrected chi connectivity index (χ2v) is 3.33. The summed E-state index contributed by atoms with van der Waals surface area (Å²) >= 11 is 0. The molecule has 78 valence electrons. The van der Waals surface area contributed by atoms with Crippen molar-refractivity contribution in [2.75, 3.05) is 5.32 Å². The smallest absolute Gasteiger partial charge is 0.321 e. The SMILES string of the molecule is Cc1ccc(CNc2nc(C)no2)nc1. The highest BCUT2D eigenvalue weighted by atomic mass is 16.5. The van der Waals surface area contributed by atoms with E-state index in [1.54, 1.807) is 6.92 Å². The summed E-state index contributed by atoms with van der Waals surface area (Å²) in [5.41, 5.74) is 2.09. The van der Waals surface area contributed by atoms with Crippen LogP contribution in [0.2, 0.25) is 0 Å². The lowest BCUT2D eigenvalue weighted by atomic mass is 10.3. The Morgan fingerprint density at radius 3 is 2.80 bits per heavy atom. The van der Waals surface area contributed by atoms with Crippen molar-refractivity contribution in [3.05, 3.63) is 35.4 Å². The van der Waals surface area contributed by atoms with Crippen LogP contribution in [0.3, 0.4) is 0 Å². The van der Waals surface area contributed by atoms with Gasteiger partial charge in [0, 0.05) is 6.20 Å². The van der Waals surface area contributed by atoms with Gasteiger partial charge in [-0.2, -0.15) is 4.98 Å². The molecule has 1 N–H and O–H groups in total. The van der Waals surface area contributed by atoms with Gasteiger partial charge < -0.3 is 9.84 Å². The Hall–Kier alpha value is -1.91. The number of nitrogens with one attached hydrogen (secondary N) is 1. The van der Waals surface area contributed by atoms with Crippen molar-refractivity contribution in [1.29, 1.82) is 0 Å². The third kappa shape index (κ3) is 2.52. The molecule has 2 rings (SSSR count). The molecule has 2 heterocycles. The maximum atomic E-state index is 4.91.